The van der Waals surface area contributed by atoms with Gasteiger partial charge in [0.1, 0.15) is 232 Å². The Kier molecular flexibility index (Phi) is 38.4. The minimum absolute atomic E-state index is 0.793. The molecule has 10 fully saturated rings. The average Bonchev–Trinajstić information content (AvgIpc) is 0.761. The Morgan fingerprint density at radius 2 is 0.656 bits per heavy atom. The first kappa shape index (κ1) is 108. The lowest BCUT2D eigenvalue weighted by atomic mass is 9.88. The van der Waals surface area contributed by atoms with Crippen LogP contribution >= 0.6 is 0 Å². The maximum absolute atomic E-state index is 13.4. The van der Waals surface area contributed by atoms with E-state index in [2.05, 4.69) is 26.6 Å². The van der Waals surface area contributed by atoms with Crippen LogP contribution in [0.5, 0.6) is 0 Å². The molecular formula is C73H121N5O53. The molecule has 5 amide bonds. The SMILES string of the molecule is CC(=O)N[C@@H]1[C@@H](O)[C@H](O[C@@H]2O[C@H](CO)[C@H](O)[C@H](O[C@@H]3O[C@H](CO)[C@@H](O[C@@H]4O[C@H](CO[C@@H]5O[C@H](CO)[C@@H](O[C@@H]6O[C@H](CO)[C@H](O)[C@H](O)[C@H]6O[C@@H]6O[C@@H](C)[C@@H](O)[C@@H](O)[C@@H]6O)[C@H](O)[C@H]5NC(C)=O)[C@H](O)[C@H](O[C@@H]5O[C@H](CO)[C@@H](O[C@@H]6O[C@H](CO)[C@H](O)[C@H](O[C@]7(C(=O)O)C[C@H](O)[C@@H](NC(C)=O)[C@H]([C@H](O)[C@H](O)CO)O7)[C@H]6O)[C@H](O)[C@H]5NC(C)=O)[C@H]4O)[C@H](O)[C@H]3NC(C)=O)[C@H]2O)[C@@H](CO)O[C@H]1O. The van der Waals surface area contributed by atoms with E-state index >= 15 is 0 Å². The highest BCUT2D eigenvalue weighted by molar-refractivity contribution is 5.77. The van der Waals surface area contributed by atoms with Crippen molar-refractivity contribution in [3.63, 3.8) is 0 Å². The lowest BCUT2D eigenvalue weighted by Crippen LogP contribution is -2.71. The van der Waals surface area contributed by atoms with Gasteiger partial charge in [0, 0.05) is 41.0 Å². The third kappa shape index (κ3) is 23.9. The number of nitrogens with one attached hydrogen (secondary N) is 5. The van der Waals surface area contributed by atoms with Crippen LogP contribution in [0.2, 0.25) is 0 Å². The topological polar surface area (TPSA) is 904 Å². The smallest absolute Gasteiger partial charge is 0.364 e. The van der Waals surface area contributed by atoms with Crippen molar-refractivity contribution in [3.05, 3.63) is 0 Å². The van der Waals surface area contributed by atoms with Gasteiger partial charge < -0.3 is 260 Å². The number of aliphatic carboxylic acids is 1. The molecule has 0 bridgehead atoms. The van der Waals surface area contributed by atoms with Crippen LogP contribution in [0, 0.1) is 0 Å². The average molecular weight is 1920 g/mol. The lowest BCUT2D eigenvalue weighted by molar-refractivity contribution is -0.393. The van der Waals surface area contributed by atoms with Crippen molar-refractivity contribution in [1.82, 2.24) is 26.6 Å². The third-order valence-electron chi connectivity index (χ3n) is 23.8. The van der Waals surface area contributed by atoms with Crippen LogP contribution in [0.15, 0.2) is 0 Å². The summed E-state index contributed by atoms with van der Waals surface area (Å²) in [5.74, 6) is -10.3. The molecule has 0 aromatic heterocycles. The highest BCUT2D eigenvalue weighted by Gasteiger charge is 2.64. The predicted octanol–water partition coefficient (Wildman–Crippen LogP) is -21.9. The molecule has 0 aliphatic carbocycles. The fourth-order valence-electron chi connectivity index (χ4n) is 17.0. The molecule has 10 heterocycles. The number of carboxylic acid groups (broad SMARTS) is 1. The number of hydrogen-bond acceptors (Lipinski definition) is 52. The molecule has 0 aromatic rings. The molecule has 0 spiro atoms. The zero-order chi connectivity index (χ0) is 96.9. The highest BCUT2D eigenvalue weighted by Crippen LogP contribution is 2.43. The number of amides is 5. The number of ether oxygens (including phenoxy) is 19. The minimum Gasteiger partial charge on any atom is -0.477 e. The normalized spacial score (nSPS) is 47.5. The molecular weight excluding hydrogens is 1790 g/mol. The zero-order valence-corrected chi connectivity index (χ0v) is 70.7. The van der Waals surface area contributed by atoms with Crippen molar-refractivity contribution in [2.75, 3.05) is 59.5 Å². The molecule has 0 radical (unpaired) electrons. The lowest BCUT2D eigenvalue weighted by Gasteiger charge is -2.51. The maximum atomic E-state index is 13.4. The van der Waals surface area contributed by atoms with Gasteiger partial charge in [-0.1, -0.05) is 0 Å². The van der Waals surface area contributed by atoms with Crippen LogP contribution in [0.1, 0.15) is 48.0 Å². The molecule has 131 heavy (non-hydrogen) atoms. The number of carboxylic acids is 1. The van der Waals surface area contributed by atoms with Gasteiger partial charge in [0.15, 0.2) is 56.6 Å². The second-order valence-corrected chi connectivity index (χ2v) is 33.1. The number of hydrogen-bond donors (Lipinski definition) is 33. The Morgan fingerprint density at radius 1 is 0.328 bits per heavy atom. The summed E-state index contributed by atoms with van der Waals surface area (Å²) in [7, 11) is 0. The quantitative estimate of drug-likeness (QED) is 0.0280. The van der Waals surface area contributed by atoms with Gasteiger partial charge >= 0.3 is 5.97 Å². The second-order valence-electron chi connectivity index (χ2n) is 33.1. The monoisotopic (exact) mass is 1920 g/mol. The first-order valence-electron chi connectivity index (χ1n) is 41.6. The Bertz CT molecular complexity index is 3670. The number of carbonyl (C=O) groups is 6. The molecule has 58 nitrogen and oxygen atoms in total. The summed E-state index contributed by atoms with van der Waals surface area (Å²) >= 11 is 0. The predicted molar refractivity (Wildman–Crippen MR) is 403 cm³/mol. The number of carbonyl (C=O) groups excluding carboxylic acids is 5. The standard InChI is InChI=1S/C73H121N5O53/c1-17-38(94)48(104)50(106)67(114-17)129-62-49(105)40(96)25(9-80)118-71(62)126-57-29(13-84)119-64(35(45(57)101)76-20(4)89)113-16-32-43(99)60(52(108)69(122-32)124-55-30(14-85)120-65(36(46(55)102)77-21(5)90)127-59-41(97)26(10-81)116-68(51(59)107)123-54-28(12-83)115-63(110)34(44(54)100)75-19(3)88)128-66-37(78-22(6)91)47(103)56(31(15-86)121-66)125-70-53(109)61(42(98)27(11-82)117-70)131-73(72(111)112)7-23(92)33(74-18(2)87)58(130-73)39(95)24(93)8-79/h17,23-71,79-86,92-110H,7-16H2,1-6H3,(H,74,87)(H,75,88)(H,76,89)(H,77,90)(H,78,91)(H,111,112)/t17-,23-,24+,25+,26+,27+,28+,29+,30+,31+,32+,33+,34+,35+,36+,37+,38+,39+,40-,41-,42-,43-,44+,45+,46+,47+,48+,49-,50-,51+,52+,53+,54+,55+,56+,57+,58+,59-,60-,61-,62+,63+,64+,65-,66-,67-,68-,69-,70-,71-,73-/m0/s1. The van der Waals surface area contributed by atoms with Crippen LogP contribution in [-0.4, -0.2) is 550 Å². The molecule has 10 aliphatic heterocycles. The molecule has 10 saturated heterocycles. The van der Waals surface area contributed by atoms with Crippen molar-refractivity contribution in [2.24, 2.45) is 0 Å². The summed E-state index contributed by atoms with van der Waals surface area (Å²) in [4.78, 5) is 77.5. The minimum atomic E-state index is -3.33. The fraction of sp³-hybridized carbons (Fsp3) is 0.918. The second kappa shape index (κ2) is 46.6. The van der Waals surface area contributed by atoms with Gasteiger partial charge in [-0.15, -0.1) is 0 Å². The van der Waals surface area contributed by atoms with E-state index in [0.717, 1.165) is 34.6 Å². The molecule has 51 atom stereocenters. The van der Waals surface area contributed by atoms with E-state index in [4.69, 9.17) is 90.0 Å². The first-order chi connectivity index (χ1) is 61.8. The van der Waals surface area contributed by atoms with Crippen molar-refractivity contribution < 1.29 is 262 Å². The van der Waals surface area contributed by atoms with Gasteiger partial charge in [-0.25, -0.2) is 4.79 Å². The van der Waals surface area contributed by atoms with E-state index in [0.29, 0.717) is 0 Å². The number of rotatable bonds is 35. The largest absolute Gasteiger partial charge is 0.477 e. The number of aliphatic hydroxyl groups is 27. The fourth-order valence-corrected chi connectivity index (χ4v) is 17.0. The van der Waals surface area contributed by atoms with Gasteiger partial charge in [-0.05, 0) is 6.92 Å². The third-order valence-corrected chi connectivity index (χ3v) is 23.8. The van der Waals surface area contributed by atoms with E-state index in [9.17, 15) is 172 Å². The Labute approximate surface area is 741 Å². The van der Waals surface area contributed by atoms with Crippen LogP contribution in [0.25, 0.3) is 0 Å². The molecule has 0 unspecified atom stereocenters. The Morgan fingerprint density at radius 3 is 1.08 bits per heavy atom. The molecule has 0 saturated carbocycles. The summed E-state index contributed by atoms with van der Waals surface area (Å²) < 4.78 is 112. The van der Waals surface area contributed by atoms with Crippen molar-refractivity contribution in [2.45, 2.75) is 360 Å². The van der Waals surface area contributed by atoms with E-state index in [1.54, 1.807) is 0 Å². The van der Waals surface area contributed by atoms with E-state index < -0.39 is 414 Å². The maximum Gasteiger partial charge on any atom is 0.364 e. The molecule has 58 heteroatoms. The summed E-state index contributed by atoms with van der Waals surface area (Å²) in [6.45, 7) is -4.77. The van der Waals surface area contributed by atoms with Crippen LogP contribution < -0.4 is 26.6 Å². The van der Waals surface area contributed by atoms with E-state index in [-0.39, 0.29) is 0 Å². The first-order valence-corrected chi connectivity index (χ1v) is 41.6. The molecule has 0 aromatic carbocycles. The van der Waals surface area contributed by atoms with Gasteiger partial charge in [0.25, 0.3) is 5.79 Å². The van der Waals surface area contributed by atoms with Gasteiger partial charge in [-0.3, -0.25) is 24.0 Å². The molecule has 10 rings (SSSR count). The van der Waals surface area contributed by atoms with Crippen LogP contribution in [0.4, 0.5) is 0 Å². The molecule has 756 valence electrons. The Hall–Kier alpha value is -5.02. The van der Waals surface area contributed by atoms with Gasteiger partial charge in [-0.2, -0.15) is 0 Å². The van der Waals surface area contributed by atoms with E-state index in [1.807, 2.05) is 0 Å². The summed E-state index contributed by atoms with van der Waals surface area (Å²) in [6.07, 6.45) is -97.5. The summed E-state index contributed by atoms with van der Waals surface area (Å²) in [5.41, 5.74) is 0. The molecule has 10 aliphatic rings. The number of aliphatic hydroxyl groups excluding tert-OH is 27. The highest BCUT2D eigenvalue weighted by atomic mass is 16.8. The van der Waals surface area contributed by atoms with E-state index in [1.165, 1.54) is 6.92 Å². The Balaban J connectivity index is 0.961. The van der Waals surface area contributed by atoms with Gasteiger partial charge in [0.05, 0.1) is 77.7 Å². The van der Waals surface area contributed by atoms with Crippen molar-refractivity contribution >= 4 is 35.5 Å². The van der Waals surface area contributed by atoms with Crippen molar-refractivity contribution in [3.8, 4) is 0 Å². The van der Waals surface area contributed by atoms with Gasteiger partial charge in [0.2, 0.25) is 29.5 Å². The zero-order valence-electron chi connectivity index (χ0n) is 70.7. The van der Waals surface area contributed by atoms with Crippen molar-refractivity contribution in [1.29, 1.82) is 0 Å². The van der Waals surface area contributed by atoms with Crippen LogP contribution in [-0.2, 0) is 119 Å². The summed E-state index contributed by atoms with van der Waals surface area (Å²) in [6, 6.07) is -9.61. The summed E-state index contributed by atoms with van der Waals surface area (Å²) in [5, 5.41) is 326. The molecule has 33 N–H and O–H groups in total. The van der Waals surface area contributed by atoms with Crippen LogP contribution in [0.3, 0.4) is 0 Å².